The van der Waals surface area contributed by atoms with E-state index < -0.39 is 0 Å². The van der Waals surface area contributed by atoms with Crippen LogP contribution in [0.25, 0.3) is 5.69 Å². The second-order valence-electron chi connectivity index (χ2n) is 5.09. The first-order valence-corrected chi connectivity index (χ1v) is 7.00. The van der Waals surface area contributed by atoms with E-state index in [-0.39, 0.29) is 11.9 Å². The average Bonchev–Trinajstić information content (AvgIpc) is 2.91. The van der Waals surface area contributed by atoms with Crippen LogP contribution >= 0.6 is 0 Å². The number of methoxy groups -OCH3 is 1. The number of nitrogens with zero attached hydrogens (tertiary/aromatic N) is 4. The van der Waals surface area contributed by atoms with E-state index in [0.717, 1.165) is 0 Å². The lowest BCUT2D eigenvalue weighted by molar-refractivity contribution is -0.116. The molecular weight excluding hydrogens is 284 g/mol. The number of aromatic nitrogens is 4. The Morgan fingerprint density at radius 2 is 2.27 bits per heavy atom. The molecule has 0 saturated heterocycles. The van der Waals surface area contributed by atoms with Gasteiger partial charge in [-0.1, -0.05) is 0 Å². The summed E-state index contributed by atoms with van der Waals surface area (Å²) in [5.74, 6) is 1.16. The summed E-state index contributed by atoms with van der Waals surface area (Å²) in [5.41, 5.74) is 6.97. The Morgan fingerprint density at radius 3 is 2.86 bits per heavy atom. The number of anilines is 1. The summed E-state index contributed by atoms with van der Waals surface area (Å²) in [7, 11) is 1.57. The van der Waals surface area contributed by atoms with E-state index in [1.54, 1.807) is 36.9 Å². The number of carbonyl (C=O) groups is 1. The Labute approximate surface area is 128 Å². The fourth-order valence-electron chi connectivity index (χ4n) is 1.97. The summed E-state index contributed by atoms with van der Waals surface area (Å²) in [5, 5.41) is 14.2. The third kappa shape index (κ3) is 3.79. The number of nitrogens with two attached hydrogens (primary N) is 1. The zero-order valence-corrected chi connectivity index (χ0v) is 12.9. The van der Waals surface area contributed by atoms with E-state index in [0.29, 0.717) is 35.8 Å². The van der Waals surface area contributed by atoms with Crippen molar-refractivity contribution in [2.24, 2.45) is 5.73 Å². The summed E-state index contributed by atoms with van der Waals surface area (Å²) >= 11 is 0. The SMILES string of the molecule is COc1ccc(NC(=O)CCC(C)N)cc1-n1nnnc1C. The number of nitrogens with one attached hydrogen (secondary N) is 1. The maximum absolute atomic E-state index is 11.9. The summed E-state index contributed by atoms with van der Waals surface area (Å²) < 4.78 is 6.87. The molecule has 1 amide bonds. The minimum atomic E-state index is -0.0816. The molecule has 1 aromatic heterocycles. The lowest BCUT2D eigenvalue weighted by Crippen LogP contribution is -2.19. The highest BCUT2D eigenvalue weighted by Crippen LogP contribution is 2.26. The molecule has 2 rings (SSSR count). The van der Waals surface area contributed by atoms with Gasteiger partial charge in [-0.25, -0.2) is 0 Å². The Balaban J connectivity index is 2.21. The molecule has 0 spiro atoms. The monoisotopic (exact) mass is 304 g/mol. The van der Waals surface area contributed by atoms with Crippen LogP contribution in [-0.2, 0) is 4.79 Å². The highest BCUT2D eigenvalue weighted by molar-refractivity contribution is 5.91. The Morgan fingerprint density at radius 1 is 1.50 bits per heavy atom. The van der Waals surface area contributed by atoms with Crippen LogP contribution in [0.2, 0.25) is 0 Å². The largest absolute Gasteiger partial charge is 0.494 e. The molecule has 22 heavy (non-hydrogen) atoms. The molecule has 0 fully saturated rings. The van der Waals surface area contributed by atoms with Gasteiger partial charge in [0.15, 0.2) is 5.82 Å². The molecule has 1 unspecified atom stereocenters. The molecule has 1 heterocycles. The van der Waals surface area contributed by atoms with Gasteiger partial charge >= 0.3 is 0 Å². The third-order valence-corrected chi connectivity index (χ3v) is 3.14. The van der Waals surface area contributed by atoms with Crippen LogP contribution in [0.15, 0.2) is 18.2 Å². The van der Waals surface area contributed by atoms with E-state index in [9.17, 15) is 4.79 Å². The average molecular weight is 304 g/mol. The van der Waals surface area contributed by atoms with Crippen LogP contribution in [0, 0.1) is 6.92 Å². The first-order chi connectivity index (χ1) is 10.5. The quantitative estimate of drug-likeness (QED) is 0.825. The van der Waals surface area contributed by atoms with E-state index in [1.165, 1.54) is 0 Å². The first-order valence-electron chi connectivity index (χ1n) is 7.00. The van der Waals surface area contributed by atoms with E-state index >= 15 is 0 Å². The Kier molecular flexibility index (Phi) is 5.05. The fourth-order valence-corrected chi connectivity index (χ4v) is 1.97. The molecule has 0 aliphatic carbocycles. The van der Waals surface area contributed by atoms with Crippen molar-refractivity contribution in [1.29, 1.82) is 0 Å². The van der Waals surface area contributed by atoms with Crippen molar-refractivity contribution in [3.05, 3.63) is 24.0 Å². The molecular formula is C14H20N6O2. The van der Waals surface area contributed by atoms with Gasteiger partial charge in [0.05, 0.1) is 7.11 Å². The molecule has 0 saturated carbocycles. The molecule has 2 aromatic rings. The van der Waals surface area contributed by atoms with Crippen LogP contribution in [0.5, 0.6) is 5.75 Å². The van der Waals surface area contributed by atoms with Crippen molar-refractivity contribution < 1.29 is 9.53 Å². The number of tetrazole rings is 1. The minimum absolute atomic E-state index is 0.000973. The van der Waals surface area contributed by atoms with Crippen molar-refractivity contribution in [2.75, 3.05) is 12.4 Å². The molecule has 1 aromatic carbocycles. The van der Waals surface area contributed by atoms with Crippen molar-refractivity contribution in [3.8, 4) is 11.4 Å². The second kappa shape index (κ2) is 6.99. The topological polar surface area (TPSA) is 108 Å². The van der Waals surface area contributed by atoms with Gasteiger partial charge in [-0.2, -0.15) is 4.68 Å². The zero-order chi connectivity index (χ0) is 16.1. The summed E-state index contributed by atoms with van der Waals surface area (Å²) in [6.45, 7) is 3.66. The van der Waals surface area contributed by atoms with Crippen molar-refractivity contribution >= 4 is 11.6 Å². The molecule has 8 heteroatoms. The highest BCUT2D eigenvalue weighted by Gasteiger charge is 2.12. The van der Waals surface area contributed by atoms with Crippen LogP contribution in [0.1, 0.15) is 25.6 Å². The standard InChI is InChI=1S/C14H20N6O2/c1-9(15)4-7-14(21)16-11-5-6-13(22-3)12(8-11)20-10(2)17-18-19-20/h5-6,8-9H,4,7,15H2,1-3H3,(H,16,21). The lowest BCUT2D eigenvalue weighted by atomic mass is 10.2. The van der Waals surface area contributed by atoms with Crippen molar-refractivity contribution in [3.63, 3.8) is 0 Å². The number of amides is 1. The maximum Gasteiger partial charge on any atom is 0.224 e. The second-order valence-corrected chi connectivity index (χ2v) is 5.09. The van der Waals surface area contributed by atoms with Gasteiger partial charge in [0.1, 0.15) is 11.4 Å². The van der Waals surface area contributed by atoms with Gasteiger partial charge in [-0.05, 0) is 48.9 Å². The molecule has 0 aliphatic rings. The third-order valence-electron chi connectivity index (χ3n) is 3.14. The smallest absolute Gasteiger partial charge is 0.224 e. The molecule has 3 N–H and O–H groups in total. The first kappa shape index (κ1) is 15.9. The number of ether oxygens (including phenoxy) is 1. The van der Waals surface area contributed by atoms with Crippen LogP contribution < -0.4 is 15.8 Å². The zero-order valence-electron chi connectivity index (χ0n) is 12.9. The Hall–Kier alpha value is -2.48. The number of rotatable bonds is 6. The maximum atomic E-state index is 11.9. The molecule has 1 atom stereocenters. The van der Waals surface area contributed by atoms with E-state index in [1.807, 2.05) is 6.92 Å². The Bertz CT molecular complexity index is 653. The number of aryl methyl sites for hydroxylation is 1. The fraction of sp³-hybridized carbons (Fsp3) is 0.429. The van der Waals surface area contributed by atoms with Crippen LogP contribution in [0.3, 0.4) is 0 Å². The van der Waals surface area contributed by atoms with Gasteiger partial charge in [0, 0.05) is 18.2 Å². The van der Waals surface area contributed by atoms with Crippen LogP contribution in [0.4, 0.5) is 5.69 Å². The molecule has 118 valence electrons. The van der Waals surface area contributed by atoms with Crippen molar-refractivity contribution in [2.45, 2.75) is 32.7 Å². The van der Waals surface area contributed by atoms with Gasteiger partial charge < -0.3 is 15.8 Å². The number of hydrogen-bond acceptors (Lipinski definition) is 6. The van der Waals surface area contributed by atoms with Gasteiger partial charge in [0.25, 0.3) is 0 Å². The van der Waals surface area contributed by atoms with Crippen LogP contribution in [-0.4, -0.2) is 39.3 Å². The number of hydrogen-bond donors (Lipinski definition) is 2. The minimum Gasteiger partial charge on any atom is -0.494 e. The summed E-state index contributed by atoms with van der Waals surface area (Å²) in [6, 6.07) is 5.30. The predicted molar refractivity (Wildman–Crippen MR) is 82.0 cm³/mol. The molecule has 8 nitrogen and oxygen atoms in total. The summed E-state index contributed by atoms with van der Waals surface area (Å²) in [4.78, 5) is 11.9. The normalized spacial score (nSPS) is 12.0. The van der Waals surface area contributed by atoms with E-state index in [2.05, 4.69) is 20.8 Å². The highest BCUT2D eigenvalue weighted by atomic mass is 16.5. The van der Waals surface area contributed by atoms with E-state index in [4.69, 9.17) is 10.5 Å². The van der Waals surface area contributed by atoms with Gasteiger partial charge in [-0.15, -0.1) is 5.10 Å². The van der Waals surface area contributed by atoms with Gasteiger partial charge in [0.2, 0.25) is 5.91 Å². The lowest BCUT2D eigenvalue weighted by Gasteiger charge is -2.12. The van der Waals surface area contributed by atoms with Crippen molar-refractivity contribution in [1.82, 2.24) is 20.2 Å². The number of carbonyl (C=O) groups excluding carboxylic acids is 1. The molecule has 0 aliphatic heterocycles. The number of benzene rings is 1. The molecule has 0 radical (unpaired) electrons. The predicted octanol–water partition coefficient (Wildman–Crippen LogP) is 1.05. The summed E-state index contributed by atoms with van der Waals surface area (Å²) in [6.07, 6.45) is 1.02. The molecule has 0 bridgehead atoms. The van der Waals surface area contributed by atoms with Gasteiger partial charge in [-0.3, -0.25) is 4.79 Å².